The number of hydrogen-bond donors (Lipinski definition) is 1. The van der Waals surface area contributed by atoms with Crippen molar-refractivity contribution >= 4 is 6.09 Å². The number of likely N-dealkylation sites (tertiary alicyclic amines) is 1. The monoisotopic (exact) mass is 274 g/mol. The number of hydrogen-bond acceptors (Lipinski definition) is 3. The SMILES string of the molecule is O=C(OCc1ccccc1)N1CCCC2(CCCN2)C1. The maximum Gasteiger partial charge on any atom is 0.410 e. The number of carbonyl (C=O) groups is 1. The van der Waals surface area contributed by atoms with Crippen LogP contribution in [-0.2, 0) is 11.3 Å². The first kappa shape index (κ1) is 13.4. The van der Waals surface area contributed by atoms with Crippen LogP contribution in [0.5, 0.6) is 0 Å². The lowest BCUT2D eigenvalue weighted by Crippen LogP contribution is -2.55. The number of amides is 1. The van der Waals surface area contributed by atoms with Gasteiger partial charge >= 0.3 is 6.09 Å². The second-order valence-electron chi connectivity index (χ2n) is 5.88. The molecule has 108 valence electrons. The van der Waals surface area contributed by atoms with Crippen LogP contribution in [0.2, 0.25) is 0 Å². The van der Waals surface area contributed by atoms with E-state index in [1.165, 1.54) is 19.3 Å². The molecule has 0 aliphatic carbocycles. The number of ether oxygens (including phenoxy) is 1. The molecule has 4 heteroatoms. The van der Waals surface area contributed by atoms with E-state index in [4.69, 9.17) is 4.74 Å². The van der Waals surface area contributed by atoms with E-state index in [-0.39, 0.29) is 11.6 Å². The maximum atomic E-state index is 12.2. The highest BCUT2D eigenvalue weighted by Crippen LogP contribution is 2.29. The smallest absolute Gasteiger partial charge is 0.410 e. The number of carbonyl (C=O) groups excluding carboxylic acids is 1. The van der Waals surface area contributed by atoms with E-state index in [0.29, 0.717) is 6.61 Å². The number of benzene rings is 1. The van der Waals surface area contributed by atoms with Crippen molar-refractivity contribution in [2.75, 3.05) is 19.6 Å². The van der Waals surface area contributed by atoms with Crippen LogP contribution in [0, 0.1) is 0 Å². The molecule has 0 saturated carbocycles. The Hall–Kier alpha value is -1.55. The molecule has 2 heterocycles. The predicted octanol–water partition coefficient (Wildman–Crippen LogP) is 2.54. The van der Waals surface area contributed by atoms with Gasteiger partial charge in [-0.1, -0.05) is 30.3 Å². The Morgan fingerprint density at radius 2 is 2.05 bits per heavy atom. The summed E-state index contributed by atoms with van der Waals surface area (Å²) >= 11 is 0. The molecule has 1 amide bonds. The van der Waals surface area contributed by atoms with E-state index in [1.54, 1.807) is 0 Å². The molecule has 1 unspecified atom stereocenters. The summed E-state index contributed by atoms with van der Waals surface area (Å²) in [6, 6.07) is 9.83. The van der Waals surface area contributed by atoms with Gasteiger partial charge in [-0.05, 0) is 37.8 Å². The van der Waals surface area contributed by atoms with Crippen molar-refractivity contribution < 1.29 is 9.53 Å². The maximum absolute atomic E-state index is 12.2. The second-order valence-corrected chi connectivity index (χ2v) is 5.88. The Kier molecular flexibility index (Phi) is 3.92. The van der Waals surface area contributed by atoms with Gasteiger partial charge in [-0.25, -0.2) is 4.79 Å². The summed E-state index contributed by atoms with van der Waals surface area (Å²) < 4.78 is 5.43. The Balaban J connectivity index is 1.54. The molecule has 2 saturated heterocycles. The van der Waals surface area contributed by atoms with Crippen LogP contribution in [0.4, 0.5) is 4.79 Å². The van der Waals surface area contributed by atoms with Crippen LogP contribution >= 0.6 is 0 Å². The van der Waals surface area contributed by atoms with Crippen LogP contribution in [0.15, 0.2) is 30.3 Å². The molecule has 2 aliphatic heterocycles. The molecule has 2 fully saturated rings. The Morgan fingerprint density at radius 1 is 1.25 bits per heavy atom. The highest BCUT2D eigenvalue weighted by molar-refractivity contribution is 5.68. The normalized spacial score (nSPS) is 25.9. The van der Waals surface area contributed by atoms with Gasteiger partial charge in [0.2, 0.25) is 0 Å². The minimum absolute atomic E-state index is 0.157. The molecule has 1 aromatic carbocycles. The van der Waals surface area contributed by atoms with Crippen molar-refractivity contribution in [1.82, 2.24) is 10.2 Å². The van der Waals surface area contributed by atoms with Crippen molar-refractivity contribution in [3.05, 3.63) is 35.9 Å². The molecule has 3 rings (SSSR count). The van der Waals surface area contributed by atoms with Gasteiger partial charge in [0, 0.05) is 18.6 Å². The van der Waals surface area contributed by atoms with E-state index < -0.39 is 0 Å². The average Bonchev–Trinajstić information content (AvgIpc) is 2.93. The molecule has 0 aromatic heterocycles. The van der Waals surface area contributed by atoms with Gasteiger partial charge in [0.15, 0.2) is 0 Å². The number of nitrogens with zero attached hydrogens (tertiary/aromatic N) is 1. The summed E-state index contributed by atoms with van der Waals surface area (Å²) in [6.45, 7) is 3.04. The number of nitrogens with one attached hydrogen (secondary N) is 1. The highest BCUT2D eigenvalue weighted by atomic mass is 16.6. The Bertz CT molecular complexity index is 455. The standard InChI is InChI=1S/C16H22N2O2/c19-15(20-12-14-6-2-1-3-7-14)18-11-5-9-16(13-18)8-4-10-17-16/h1-3,6-7,17H,4-5,8-13H2. The lowest BCUT2D eigenvalue weighted by molar-refractivity contribution is 0.0694. The van der Waals surface area contributed by atoms with Crippen molar-refractivity contribution in [3.63, 3.8) is 0 Å². The van der Waals surface area contributed by atoms with Gasteiger partial charge in [0.25, 0.3) is 0 Å². The van der Waals surface area contributed by atoms with Crippen LogP contribution in [0.25, 0.3) is 0 Å². The number of piperidine rings is 1. The Morgan fingerprint density at radius 3 is 2.80 bits per heavy atom. The highest BCUT2D eigenvalue weighted by Gasteiger charge is 2.39. The summed E-state index contributed by atoms with van der Waals surface area (Å²) in [6.07, 6.45) is 4.45. The van der Waals surface area contributed by atoms with Crippen LogP contribution in [0.3, 0.4) is 0 Å². The minimum atomic E-state index is -0.179. The van der Waals surface area contributed by atoms with Crippen LogP contribution in [-0.4, -0.2) is 36.2 Å². The van der Waals surface area contributed by atoms with E-state index >= 15 is 0 Å². The molecule has 4 nitrogen and oxygen atoms in total. The average molecular weight is 274 g/mol. The van der Waals surface area contributed by atoms with Crippen molar-refractivity contribution in [2.24, 2.45) is 0 Å². The summed E-state index contributed by atoms with van der Waals surface area (Å²) in [5.41, 5.74) is 1.19. The molecule has 1 atom stereocenters. The van der Waals surface area contributed by atoms with Crippen molar-refractivity contribution in [1.29, 1.82) is 0 Å². The molecule has 1 spiro atoms. The molecule has 2 aliphatic rings. The largest absolute Gasteiger partial charge is 0.445 e. The van der Waals surface area contributed by atoms with Crippen LogP contribution < -0.4 is 5.32 Å². The van der Waals surface area contributed by atoms with Crippen LogP contribution in [0.1, 0.15) is 31.2 Å². The van der Waals surface area contributed by atoms with Gasteiger partial charge in [-0.2, -0.15) is 0 Å². The molecule has 1 N–H and O–H groups in total. The zero-order valence-electron chi connectivity index (χ0n) is 11.8. The second kappa shape index (κ2) is 5.83. The topological polar surface area (TPSA) is 41.6 Å². The fraction of sp³-hybridized carbons (Fsp3) is 0.562. The summed E-state index contributed by atoms with van der Waals surface area (Å²) in [5.74, 6) is 0. The molecule has 0 radical (unpaired) electrons. The lowest BCUT2D eigenvalue weighted by Gasteiger charge is -2.40. The first-order valence-corrected chi connectivity index (χ1v) is 7.48. The van der Waals surface area contributed by atoms with E-state index in [0.717, 1.165) is 31.6 Å². The van der Waals surface area contributed by atoms with Crippen molar-refractivity contribution in [3.8, 4) is 0 Å². The fourth-order valence-corrected chi connectivity index (χ4v) is 3.32. The third-order valence-electron chi connectivity index (χ3n) is 4.37. The molecule has 0 bridgehead atoms. The van der Waals surface area contributed by atoms with Gasteiger partial charge < -0.3 is 15.0 Å². The van der Waals surface area contributed by atoms with Gasteiger partial charge in [-0.15, -0.1) is 0 Å². The van der Waals surface area contributed by atoms with Gasteiger partial charge in [0.1, 0.15) is 6.61 Å². The van der Waals surface area contributed by atoms with Gasteiger partial charge in [-0.3, -0.25) is 0 Å². The zero-order chi connectivity index (χ0) is 13.8. The molecule has 1 aromatic rings. The summed E-state index contributed by atoms with van der Waals surface area (Å²) in [7, 11) is 0. The fourth-order valence-electron chi connectivity index (χ4n) is 3.32. The van der Waals surface area contributed by atoms with E-state index in [9.17, 15) is 4.79 Å². The first-order valence-electron chi connectivity index (χ1n) is 7.48. The lowest BCUT2D eigenvalue weighted by atomic mass is 9.88. The van der Waals surface area contributed by atoms with E-state index in [1.807, 2.05) is 35.2 Å². The number of rotatable bonds is 2. The quantitative estimate of drug-likeness (QED) is 0.901. The predicted molar refractivity (Wildman–Crippen MR) is 77.4 cm³/mol. The first-order chi connectivity index (χ1) is 9.77. The Labute approximate surface area is 120 Å². The third-order valence-corrected chi connectivity index (χ3v) is 4.37. The van der Waals surface area contributed by atoms with Gasteiger partial charge in [0.05, 0.1) is 0 Å². The summed E-state index contributed by atoms with van der Waals surface area (Å²) in [5, 5.41) is 3.58. The third kappa shape index (κ3) is 2.96. The summed E-state index contributed by atoms with van der Waals surface area (Å²) in [4.78, 5) is 14.1. The molecular formula is C16H22N2O2. The van der Waals surface area contributed by atoms with Crippen molar-refractivity contribution in [2.45, 2.75) is 37.8 Å². The zero-order valence-corrected chi connectivity index (χ0v) is 11.8. The van der Waals surface area contributed by atoms with E-state index in [2.05, 4.69) is 5.32 Å². The minimum Gasteiger partial charge on any atom is -0.445 e. The molecule has 20 heavy (non-hydrogen) atoms. The molecular weight excluding hydrogens is 252 g/mol.